The molecule has 142 valence electrons. The highest BCUT2D eigenvalue weighted by molar-refractivity contribution is 7.89. The van der Waals surface area contributed by atoms with Gasteiger partial charge in [-0.1, -0.05) is 60.7 Å². The van der Waals surface area contributed by atoms with Crippen molar-refractivity contribution in [3.05, 3.63) is 77.9 Å². The molecule has 2 N–H and O–H groups in total. The monoisotopic (exact) mass is 382 g/mol. The molecule has 0 saturated carbocycles. The Kier molecular flexibility index (Phi) is 5.65. The number of rotatable bonds is 6. The molecule has 0 spiro atoms. The van der Waals surface area contributed by atoms with Crippen LogP contribution in [0.15, 0.2) is 71.6 Å². The topological polar surface area (TPSA) is 58.2 Å². The molecular formula is C22H26N2O2S. The smallest absolute Gasteiger partial charge is 0.241 e. The molecule has 0 saturated heterocycles. The van der Waals surface area contributed by atoms with Crippen LogP contribution in [0.5, 0.6) is 0 Å². The Labute approximate surface area is 161 Å². The first-order chi connectivity index (χ1) is 12.8. The fraction of sp³-hybridized carbons (Fsp3) is 0.273. The molecule has 0 aromatic heterocycles. The van der Waals surface area contributed by atoms with E-state index >= 15 is 0 Å². The van der Waals surface area contributed by atoms with Crippen molar-refractivity contribution in [1.29, 1.82) is 0 Å². The molecule has 3 aromatic carbocycles. The molecule has 3 rings (SSSR count). The Morgan fingerprint density at radius 3 is 2.15 bits per heavy atom. The van der Waals surface area contributed by atoms with Crippen LogP contribution in [0.4, 0.5) is 0 Å². The molecule has 0 bridgehead atoms. The van der Waals surface area contributed by atoms with Crippen molar-refractivity contribution in [1.82, 2.24) is 10.0 Å². The van der Waals surface area contributed by atoms with E-state index in [0.29, 0.717) is 18.0 Å². The number of hydrogen-bond donors (Lipinski definition) is 2. The largest absolute Gasteiger partial charge is 0.309 e. The zero-order valence-electron chi connectivity index (χ0n) is 16.0. The third-order valence-corrected chi connectivity index (χ3v) is 6.07. The van der Waals surface area contributed by atoms with Crippen molar-refractivity contribution in [2.45, 2.75) is 44.3 Å². The van der Waals surface area contributed by atoms with E-state index in [-0.39, 0.29) is 0 Å². The lowest BCUT2D eigenvalue weighted by atomic mass is 10.0. The molecule has 4 nitrogen and oxygen atoms in total. The minimum absolute atomic E-state index is 0.324. The van der Waals surface area contributed by atoms with Crippen molar-refractivity contribution < 1.29 is 8.42 Å². The summed E-state index contributed by atoms with van der Waals surface area (Å²) in [5.74, 6) is 0. The van der Waals surface area contributed by atoms with Gasteiger partial charge in [0.25, 0.3) is 0 Å². The second-order valence-corrected chi connectivity index (χ2v) is 9.36. The Bertz CT molecular complexity index is 1030. The van der Waals surface area contributed by atoms with Crippen molar-refractivity contribution >= 4 is 20.8 Å². The van der Waals surface area contributed by atoms with Gasteiger partial charge in [0.15, 0.2) is 0 Å². The van der Waals surface area contributed by atoms with Gasteiger partial charge in [-0.3, -0.25) is 0 Å². The SMILES string of the molecule is CC(C)(C)NS(=O)(=O)c1ccccc1CNCc1cccc2ccccc12. The van der Waals surface area contributed by atoms with Gasteiger partial charge >= 0.3 is 0 Å². The second-order valence-electron chi connectivity index (χ2n) is 7.71. The van der Waals surface area contributed by atoms with Crippen molar-refractivity contribution in [2.75, 3.05) is 0 Å². The molecule has 0 aliphatic heterocycles. The van der Waals surface area contributed by atoms with Crippen LogP contribution < -0.4 is 10.0 Å². The van der Waals surface area contributed by atoms with E-state index in [4.69, 9.17) is 0 Å². The average Bonchev–Trinajstić information content (AvgIpc) is 2.60. The summed E-state index contributed by atoms with van der Waals surface area (Å²) in [4.78, 5) is 0.324. The molecule has 0 atom stereocenters. The molecule has 0 unspecified atom stereocenters. The minimum Gasteiger partial charge on any atom is -0.309 e. The number of benzene rings is 3. The third-order valence-electron chi connectivity index (χ3n) is 4.21. The first-order valence-electron chi connectivity index (χ1n) is 9.05. The molecule has 0 aliphatic carbocycles. The van der Waals surface area contributed by atoms with Gasteiger partial charge in [-0.2, -0.15) is 0 Å². The van der Waals surface area contributed by atoms with E-state index in [1.165, 1.54) is 16.3 Å². The molecule has 3 aromatic rings. The highest BCUT2D eigenvalue weighted by Gasteiger charge is 2.24. The Balaban J connectivity index is 1.77. The van der Waals surface area contributed by atoms with Gasteiger partial charge in [-0.25, -0.2) is 13.1 Å². The summed E-state index contributed by atoms with van der Waals surface area (Å²) in [6.07, 6.45) is 0. The van der Waals surface area contributed by atoms with E-state index < -0.39 is 15.6 Å². The van der Waals surface area contributed by atoms with Gasteiger partial charge < -0.3 is 5.32 Å². The Hall–Kier alpha value is -2.21. The zero-order valence-corrected chi connectivity index (χ0v) is 16.8. The Morgan fingerprint density at radius 1 is 0.778 bits per heavy atom. The molecule has 27 heavy (non-hydrogen) atoms. The lowest BCUT2D eigenvalue weighted by molar-refractivity contribution is 0.490. The van der Waals surface area contributed by atoms with Gasteiger partial charge in [0.05, 0.1) is 4.90 Å². The van der Waals surface area contributed by atoms with Crippen LogP contribution >= 0.6 is 0 Å². The highest BCUT2D eigenvalue weighted by Crippen LogP contribution is 2.20. The van der Waals surface area contributed by atoms with Crippen molar-refractivity contribution in [3.63, 3.8) is 0 Å². The maximum absolute atomic E-state index is 12.7. The van der Waals surface area contributed by atoms with Crippen LogP contribution in [0.2, 0.25) is 0 Å². The van der Waals surface area contributed by atoms with E-state index in [0.717, 1.165) is 5.56 Å². The summed E-state index contributed by atoms with van der Waals surface area (Å²) in [5, 5.41) is 5.81. The van der Waals surface area contributed by atoms with Crippen LogP contribution in [0, 0.1) is 0 Å². The van der Waals surface area contributed by atoms with Crippen molar-refractivity contribution in [2.24, 2.45) is 0 Å². The summed E-state index contributed by atoms with van der Waals surface area (Å²) >= 11 is 0. The van der Waals surface area contributed by atoms with Crippen molar-refractivity contribution in [3.8, 4) is 0 Å². The fourth-order valence-corrected chi connectivity index (χ4v) is 4.81. The van der Waals surface area contributed by atoms with Crippen LogP contribution in [0.1, 0.15) is 31.9 Å². The summed E-state index contributed by atoms with van der Waals surface area (Å²) in [7, 11) is -3.57. The first-order valence-corrected chi connectivity index (χ1v) is 10.5. The number of fused-ring (bicyclic) bond motifs is 1. The summed E-state index contributed by atoms with van der Waals surface area (Å²) in [6, 6.07) is 21.6. The predicted octanol–water partition coefficient (Wildman–Crippen LogP) is 4.21. The fourth-order valence-electron chi connectivity index (χ4n) is 3.15. The maximum Gasteiger partial charge on any atom is 0.241 e. The number of sulfonamides is 1. The molecular weight excluding hydrogens is 356 g/mol. The molecule has 0 amide bonds. The number of hydrogen-bond acceptors (Lipinski definition) is 3. The summed E-state index contributed by atoms with van der Waals surface area (Å²) in [6.45, 7) is 6.66. The lowest BCUT2D eigenvalue weighted by Crippen LogP contribution is -2.40. The van der Waals surface area contributed by atoms with Gasteiger partial charge in [0.2, 0.25) is 10.0 Å². The maximum atomic E-state index is 12.7. The van der Waals surface area contributed by atoms with Crippen LogP contribution in [0.3, 0.4) is 0 Å². The first kappa shape index (κ1) is 19.5. The number of nitrogens with one attached hydrogen (secondary N) is 2. The second kappa shape index (κ2) is 7.80. The summed E-state index contributed by atoms with van der Waals surface area (Å²) < 4.78 is 28.2. The highest BCUT2D eigenvalue weighted by atomic mass is 32.2. The Morgan fingerprint density at radius 2 is 1.37 bits per heavy atom. The molecule has 0 heterocycles. The van der Waals surface area contributed by atoms with Gasteiger partial charge in [-0.05, 0) is 48.7 Å². The molecule has 0 radical (unpaired) electrons. The molecule has 5 heteroatoms. The van der Waals surface area contributed by atoms with E-state index in [1.807, 2.05) is 51.1 Å². The van der Waals surface area contributed by atoms with Crippen LogP contribution in [0.25, 0.3) is 10.8 Å². The zero-order chi connectivity index (χ0) is 19.5. The quantitative estimate of drug-likeness (QED) is 0.671. The van der Waals surface area contributed by atoms with E-state index in [1.54, 1.807) is 12.1 Å². The van der Waals surface area contributed by atoms with Gasteiger partial charge in [0.1, 0.15) is 0 Å². The molecule has 0 aliphatic rings. The van der Waals surface area contributed by atoms with Crippen LogP contribution in [-0.2, 0) is 23.1 Å². The van der Waals surface area contributed by atoms with E-state index in [2.05, 4.69) is 34.3 Å². The summed E-state index contributed by atoms with van der Waals surface area (Å²) in [5.41, 5.74) is 1.43. The van der Waals surface area contributed by atoms with Gasteiger partial charge in [-0.15, -0.1) is 0 Å². The third kappa shape index (κ3) is 4.95. The molecule has 0 fully saturated rings. The average molecular weight is 383 g/mol. The standard InChI is InChI=1S/C22H26N2O2S/c1-22(2,3)24-27(25,26)21-14-7-5-10-19(21)16-23-15-18-12-8-11-17-9-4-6-13-20(17)18/h4-14,23-24H,15-16H2,1-3H3. The van der Waals surface area contributed by atoms with E-state index in [9.17, 15) is 8.42 Å². The lowest BCUT2D eigenvalue weighted by Gasteiger charge is -2.21. The van der Waals surface area contributed by atoms with Crippen LogP contribution in [-0.4, -0.2) is 14.0 Å². The van der Waals surface area contributed by atoms with Gasteiger partial charge in [0, 0.05) is 18.6 Å². The normalized spacial score (nSPS) is 12.4. The predicted molar refractivity (Wildman–Crippen MR) is 111 cm³/mol. The minimum atomic E-state index is -3.57.